The van der Waals surface area contributed by atoms with Gasteiger partial charge in [-0.2, -0.15) is 8.78 Å². The number of benzene rings is 2. The van der Waals surface area contributed by atoms with Crippen LogP contribution in [0.2, 0.25) is 0 Å². The molecule has 0 radical (unpaired) electrons. The zero-order valence-corrected chi connectivity index (χ0v) is 14.4. The molecule has 0 atom stereocenters. The molecule has 1 N–H and O–H groups in total. The van der Waals surface area contributed by atoms with Gasteiger partial charge >= 0.3 is 6.61 Å². The van der Waals surface area contributed by atoms with Crippen molar-refractivity contribution in [3.8, 4) is 22.8 Å². The fourth-order valence-electron chi connectivity index (χ4n) is 2.24. The molecule has 0 aliphatic carbocycles. The molecule has 1 heterocycles. The topological polar surface area (TPSA) is 60.5 Å². The Hall–Kier alpha value is -3.00. The standard InChI is InChI=1S/C18H14F2N2O3S/c1-24-12-8-6-11(7-9-12)14-10-26-18(21-14)22-16(23)13-4-2-3-5-15(13)25-17(19)20/h2-10,17H,1H3,(H,21,22,23). The summed E-state index contributed by atoms with van der Waals surface area (Å²) >= 11 is 1.23. The molecule has 8 heteroatoms. The highest BCUT2D eigenvalue weighted by Gasteiger charge is 2.16. The Kier molecular flexibility index (Phi) is 5.43. The first-order valence-corrected chi connectivity index (χ1v) is 8.40. The Morgan fingerprint density at radius 3 is 2.58 bits per heavy atom. The second-order valence-electron chi connectivity index (χ2n) is 5.10. The van der Waals surface area contributed by atoms with E-state index in [0.29, 0.717) is 10.8 Å². The number of anilines is 1. The summed E-state index contributed by atoms with van der Waals surface area (Å²) in [5, 5.41) is 4.75. The third-order valence-corrected chi connectivity index (χ3v) is 4.22. The highest BCUT2D eigenvalue weighted by molar-refractivity contribution is 7.14. The van der Waals surface area contributed by atoms with Gasteiger partial charge in [0.1, 0.15) is 11.5 Å². The molecule has 2 aromatic carbocycles. The van der Waals surface area contributed by atoms with Gasteiger partial charge in [0.25, 0.3) is 5.91 Å². The molecule has 3 aromatic rings. The molecule has 1 aromatic heterocycles. The number of carbonyl (C=O) groups is 1. The molecule has 0 bridgehead atoms. The first-order valence-electron chi connectivity index (χ1n) is 7.52. The van der Waals surface area contributed by atoms with E-state index in [0.717, 1.165) is 11.3 Å². The summed E-state index contributed by atoms with van der Waals surface area (Å²) in [6.45, 7) is -3.01. The van der Waals surface area contributed by atoms with Gasteiger partial charge in [0, 0.05) is 10.9 Å². The summed E-state index contributed by atoms with van der Waals surface area (Å²) in [7, 11) is 1.58. The summed E-state index contributed by atoms with van der Waals surface area (Å²) < 4.78 is 34.4. The number of hydrogen-bond donors (Lipinski definition) is 1. The molecule has 0 spiro atoms. The molecule has 3 rings (SSSR count). The summed E-state index contributed by atoms with van der Waals surface area (Å²) in [5.74, 6) is -0.0306. The van der Waals surface area contributed by atoms with Crippen LogP contribution in [0.1, 0.15) is 10.4 Å². The normalized spacial score (nSPS) is 10.6. The number of carbonyl (C=O) groups excluding carboxylic acids is 1. The number of nitrogens with zero attached hydrogens (tertiary/aromatic N) is 1. The molecule has 26 heavy (non-hydrogen) atoms. The highest BCUT2D eigenvalue weighted by atomic mass is 32.1. The minimum Gasteiger partial charge on any atom is -0.497 e. The van der Waals surface area contributed by atoms with Crippen LogP contribution < -0.4 is 14.8 Å². The van der Waals surface area contributed by atoms with E-state index in [1.54, 1.807) is 18.6 Å². The Morgan fingerprint density at radius 1 is 1.15 bits per heavy atom. The lowest BCUT2D eigenvalue weighted by Crippen LogP contribution is -2.14. The van der Waals surface area contributed by atoms with Crippen LogP contribution in [0, 0.1) is 0 Å². The van der Waals surface area contributed by atoms with Gasteiger partial charge in [0.2, 0.25) is 0 Å². The first kappa shape index (κ1) is 17.8. The van der Waals surface area contributed by atoms with Gasteiger partial charge in [-0.1, -0.05) is 12.1 Å². The van der Waals surface area contributed by atoms with Crippen LogP contribution in [0.25, 0.3) is 11.3 Å². The number of methoxy groups -OCH3 is 1. The largest absolute Gasteiger partial charge is 0.497 e. The van der Waals surface area contributed by atoms with E-state index in [1.165, 1.54) is 29.5 Å². The highest BCUT2D eigenvalue weighted by Crippen LogP contribution is 2.28. The average Bonchev–Trinajstić information content (AvgIpc) is 3.10. The quantitative estimate of drug-likeness (QED) is 0.679. The van der Waals surface area contributed by atoms with E-state index in [1.807, 2.05) is 24.3 Å². The predicted molar refractivity (Wildman–Crippen MR) is 95.1 cm³/mol. The van der Waals surface area contributed by atoms with Gasteiger partial charge in [-0.3, -0.25) is 10.1 Å². The van der Waals surface area contributed by atoms with Crippen LogP contribution >= 0.6 is 11.3 Å². The maximum absolute atomic E-state index is 12.5. The lowest BCUT2D eigenvalue weighted by Gasteiger charge is -2.09. The molecule has 5 nitrogen and oxygen atoms in total. The number of nitrogens with one attached hydrogen (secondary N) is 1. The number of alkyl halides is 2. The van der Waals surface area contributed by atoms with Gasteiger partial charge in [-0.25, -0.2) is 4.98 Å². The minimum atomic E-state index is -3.01. The number of amides is 1. The number of rotatable bonds is 6. The fraction of sp³-hybridized carbons (Fsp3) is 0.111. The zero-order valence-electron chi connectivity index (χ0n) is 13.6. The number of halogens is 2. The van der Waals surface area contributed by atoms with Gasteiger partial charge in [-0.05, 0) is 36.4 Å². The Balaban J connectivity index is 1.76. The number of hydrogen-bond acceptors (Lipinski definition) is 5. The minimum absolute atomic E-state index is 0.00833. The van der Waals surface area contributed by atoms with E-state index in [2.05, 4.69) is 15.0 Å². The van der Waals surface area contributed by atoms with Crippen molar-refractivity contribution in [1.82, 2.24) is 4.98 Å². The van der Waals surface area contributed by atoms with Crippen molar-refractivity contribution in [1.29, 1.82) is 0 Å². The second kappa shape index (κ2) is 7.92. The van der Waals surface area contributed by atoms with Crippen molar-refractivity contribution < 1.29 is 23.0 Å². The third-order valence-electron chi connectivity index (χ3n) is 3.46. The maximum Gasteiger partial charge on any atom is 0.387 e. The van der Waals surface area contributed by atoms with Crippen LogP contribution in [0.3, 0.4) is 0 Å². The smallest absolute Gasteiger partial charge is 0.387 e. The van der Waals surface area contributed by atoms with Gasteiger partial charge in [0.05, 0.1) is 18.4 Å². The summed E-state index contributed by atoms with van der Waals surface area (Å²) in [4.78, 5) is 16.7. The Labute approximate surface area is 152 Å². The van der Waals surface area contributed by atoms with Crippen LogP contribution in [-0.4, -0.2) is 24.6 Å². The summed E-state index contributed by atoms with van der Waals surface area (Å²) in [6.07, 6.45) is 0. The number of aromatic nitrogens is 1. The van der Waals surface area contributed by atoms with Crippen LogP contribution in [0.15, 0.2) is 53.9 Å². The lowest BCUT2D eigenvalue weighted by atomic mass is 10.2. The molecule has 134 valence electrons. The number of ether oxygens (including phenoxy) is 2. The third kappa shape index (κ3) is 4.15. The van der Waals surface area contributed by atoms with Crippen molar-refractivity contribution in [2.75, 3.05) is 12.4 Å². The van der Waals surface area contributed by atoms with E-state index < -0.39 is 12.5 Å². The molecule has 0 unspecified atom stereocenters. The van der Waals surface area contributed by atoms with E-state index in [4.69, 9.17) is 4.74 Å². The monoisotopic (exact) mass is 376 g/mol. The van der Waals surface area contributed by atoms with Crippen molar-refractivity contribution in [3.05, 3.63) is 59.5 Å². The second-order valence-corrected chi connectivity index (χ2v) is 5.95. The molecular weight excluding hydrogens is 362 g/mol. The number of thiazole rings is 1. The Bertz CT molecular complexity index is 897. The van der Waals surface area contributed by atoms with E-state index in [-0.39, 0.29) is 11.3 Å². The van der Waals surface area contributed by atoms with Crippen molar-refractivity contribution >= 4 is 22.4 Å². The maximum atomic E-state index is 12.5. The summed E-state index contributed by atoms with van der Waals surface area (Å²) in [6, 6.07) is 13.1. The predicted octanol–water partition coefficient (Wildman–Crippen LogP) is 4.67. The Morgan fingerprint density at radius 2 is 1.88 bits per heavy atom. The number of para-hydroxylation sites is 1. The molecule has 0 saturated heterocycles. The molecular formula is C18H14F2N2O3S. The van der Waals surface area contributed by atoms with Gasteiger partial charge < -0.3 is 9.47 Å². The van der Waals surface area contributed by atoms with Crippen LogP contribution in [-0.2, 0) is 0 Å². The lowest BCUT2D eigenvalue weighted by molar-refractivity contribution is -0.0501. The van der Waals surface area contributed by atoms with Crippen molar-refractivity contribution in [2.24, 2.45) is 0 Å². The van der Waals surface area contributed by atoms with Crippen molar-refractivity contribution in [2.45, 2.75) is 6.61 Å². The van der Waals surface area contributed by atoms with Gasteiger partial charge in [-0.15, -0.1) is 11.3 Å². The summed E-state index contributed by atoms with van der Waals surface area (Å²) in [5.41, 5.74) is 1.56. The van der Waals surface area contributed by atoms with Gasteiger partial charge in [0.15, 0.2) is 5.13 Å². The fourth-order valence-corrected chi connectivity index (χ4v) is 2.96. The molecule has 0 saturated carbocycles. The van der Waals surface area contributed by atoms with Crippen molar-refractivity contribution in [3.63, 3.8) is 0 Å². The van der Waals surface area contributed by atoms with Crippen LogP contribution in [0.5, 0.6) is 11.5 Å². The molecule has 0 aliphatic heterocycles. The van der Waals surface area contributed by atoms with E-state index in [9.17, 15) is 13.6 Å². The zero-order chi connectivity index (χ0) is 18.5. The first-order chi connectivity index (χ1) is 12.6. The molecule has 0 fully saturated rings. The SMILES string of the molecule is COc1ccc(-c2csc(NC(=O)c3ccccc3OC(F)F)n2)cc1. The van der Waals surface area contributed by atoms with E-state index >= 15 is 0 Å². The molecule has 1 amide bonds. The van der Waals surface area contributed by atoms with Crippen LogP contribution in [0.4, 0.5) is 13.9 Å². The average molecular weight is 376 g/mol. The molecule has 0 aliphatic rings.